The molecule has 0 aliphatic carbocycles. The van der Waals surface area contributed by atoms with Crippen molar-refractivity contribution in [2.24, 2.45) is 0 Å². The molecular formula is C19H22F3NO3. The molecular weight excluding hydrogens is 347 g/mol. The number of halogens is 3. The fourth-order valence-electron chi connectivity index (χ4n) is 2.21. The van der Waals surface area contributed by atoms with Crippen LogP contribution in [-0.4, -0.2) is 25.2 Å². The van der Waals surface area contributed by atoms with Crippen molar-refractivity contribution in [3.05, 3.63) is 42.5 Å². The summed E-state index contributed by atoms with van der Waals surface area (Å²) in [6, 6.07) is 10.8. The number of hydrogen-bond donors (Lipinski definition) is 1. The summed E-state index contributed by atoms with van der Waals surface area (Å²) in [5.41, 5.74) is 7.68. The molecule has 0 aliphatic heterocycles. The Bertz CT molecular complexity index is 722. The second kappa shape index (κ2) is 7.86. The molecule has 7 heteroatoms. The highest BCUT2D eigenvalue weighted by atomic mass is 19.4. The first-order chi connectivity index (χ1) is 12.0. The van der Waals surface area contributed by atoms with Gasteiger partial charge in [0.1, 0.15) is 18.1 Å². The second-order valence-electron chi connectivity index (χ2n) is 6.63. The largest absolute Gasteiger partial charge is 0.573 e. The monoisotopic (exact) mass is 369 g/mol. The number of alkyl halides is 3. The van der Waals surface area contributed by atoms with E-state index in [1.807, 2.05) is 20.8 Å². The zero-order chi connectivity index (χ0) is 19.4. The van der Waals surface area contributed by atoms with Crippen molar-refractivity contribution >= 4 is 5.69 Å². The summed E-state index contributed by atoms with van der Waals surface area (Å²) >= 11 is 0. The molecule has 0 saturated carbocycles. The molecule has 0 unspecified atom stereocenters. The summed E-state index contributed by atoms with van der Waals surface area (Å²) in [6.45, 7) is 6.68. The van der Waals surface area contributed by atoms with Crippen LogP contribution in [0.4, 0.5) is 18.9 Å². The minimum absolute atomic E-state index is 0.235. The van der Waals surface area contributed by atoms with Crippen molar-refractivity contribution in [3.8, 4) is 22.6 Å². The van der Waals surface area contributed by atoms with Crippen LogP contribution in [0.1, 0.15) is 20.8 Å². The van der Waals surface area contributed by atoms with Gasteiger partial charge in [0, 0.05) is 0 Å². The van der Waals surface area contributed by atoms with Gasteiger partial charge in [-0.15, -0.1) is 13.2 Å². The standard InChI is InChI=1S/C19H22F3NO3/c1-18(2,3)25-11-10-24-17-9-6-14(12-16(17)23)13-4-7-15(8-5-13)26-19(20,21)22/h4-9,12H,10-11,23H2,1-3H3. The van der Waals surface area contributed by atoms with E-state index >= 15 is 0 Å². The third-order valence-electron chi connectivity index (χ3n) is 3.31. The summed E-state index contributed by atoms with van der Waals surface area (Å²) in [6.07, 6.45) is -4.71. The third-order valence-corrected chi connectivity index (χ3v) is 3.31. The highest BCUT2D eigenvalue weighted by molar-refractivity contribution is 5.71. The summed E-state index contributed by atoms with van der Waals surface area (Å²) in [5.74, 6) is 0.260. The predicted molar refractivity (Wildman–Crippen MR) is 94.2 cm³/mol. The minimum atomic E-state index is -4.71. The van der Waals surface area contributed by atoms with Gasteiger partial charge >= 0.3 is 6.36 Å². The number of rotatable bonds is 6. The number of nitrogen functional groups attached to an aromatic ring is 1. The lowest BCUT2D eigenvalue weighted by atomic mass is 10.0. The van der Waals surface area contributed by atoms with Crippen LogP contribution in [0.15, 0.2) is 42.5 Å². The van der Waals surface area contributed by atoms with Crippen molar-refractivity contribution in [1.82, 2.24) is 0 Å². The van der Waals surface area contributed by atoms with E-state index < -0.39 is 6.36 Å². The van der Waals surface area contributed by atoms with E-state index in [1.54, 1.807) is 18.2 Å². The van der Waals surface area contributed by atoms with Gasteiger partial charge in [0.15, 0.2) is 0 Å². The highest BCUT2D eigenvalue weighted by Gasteiger charge is 2.30. The van der Waals surface area contributed by atoms with Crippen molar-refractivity contribution in [1.29, 1.82) is 0 Å². The van der Waals surface area contributed by atoms with Crippen LogP contribution < -0.4 is 15.2 Å². The number of ether oxygens (including phenoxy) is 3. The van der Waals surface area contributed by atoms with Crippen molar-refractivity contribution in [2.45, 2.75) is 32.7 Å². The number of hydrogen-bond acceptors (Lipinski definition) is 4. The highest BCUT2D eigenvalue weighted by Crippen LogP contribution is 2.30. The van der Waals surface area contributed by atoms with Gasteiger partial charge in [0.2, 0.25) is 0 Å². The Labute approximate surface area is 150 Å². The first kappa shape index (κ1) is 19.9. The van der Waals surface area contributed by atoms with E-state index in [9.17, 15) is 13.2 Å². The number of nitrogens with two attached hydrogens (primary N) is 1. The molecule has 142 valence electrons. The smallest absolute Gasteiger partial charge is 0.489 e. The molecule has 0 aromatic heterocycles. The summed E-state index contributed by atoms with van der Waals surface area (Å²) in [7, 11) is 0. The molecule has 0 heterocycles. The maximum atomic E-state index is 12.2. The topological polar surface area (TPSA) is 53.7 Å². The zero-order valence-electron chi connectivity index (χ0n) is 14.9. The van der Waals surface area contributed by atoms with Crippen molar-refractivity contribution < 1.29 is 27.4 Å². The van der Waals surface area contributed by atoms with Gasteiger partial charge in [0.25, 0.3) is 0 Å². The van der Waals surface area contributed by atoms with E-state index in [2.05, 4.69) is 4.74 Å². The first-order valence-electron chi connectivity index (χ1n) is 8.06. The third kappa shape index (κ3) is 6.48. The molecule has 0 spiro atoms. The summed E-state index contributed by atoms with van der Waals surface area (Å²) < 4.78 is 51.6. The Balaban J connectivity index is 2.00. The Morgan fingerprint density at radius 3 is 2.04 bits per heavy atom. The minimum Gasteiger partial charge on any atom is -0.489 e. The van der Waals surface area contributed by atoms with Crippen LogP contribution in [0.5, 0.6) is 11.5 Å². The van der Waals surface area contributed by atoms with Crippen LogP contribution in [0, 0.1) is 0 Å². The van der Waals surface area contributed by atoms with Crippen LogP contribution in [0.2, 0.25) is 0 Å². The number of benzene rings is 2. The molecule has 4 nitrogen and oxygen atoms in total. The van der Waals surface area contributed by atoms with Crippen molar-refractivity contribution in [3.63, 3.8) is 0 Å². The Kier molecular flexibility index (Phi) is 6.02. The van der Waals surface area contributed by atoms with Gasteiger partial charge in [-0.2, -0.15) is 0 Å². The molecule has 0 saturated heterocycles. The first-order valence-corrected chi connectivity index (χ1v) is 8.06. The average molecular weight is 369 g/mol. The second-order valence-corrected chi connectivity index (χ2v) is 6.63. The molecule has 0 aliphatic rings. The van der Waals surface area contributed by atoms with Crippen LogP contribution in [0.25, 0.3) is 11.1 Å². The van der Waals surface area contributed by atoms with E-state index in [0.29, 0.717) is 30.2 Å². The van der Waals surface area contributed by atoms with Gasteiger partial charge in [-0.1, -0.05) is 18.2 Å². The molecule has 2 rings (SSSR count). The van der Waals surface area contributed by atoms with Gasteiger partial charge in [-0.25, -0.2) is 0 Å². The Hall–Kier alpha value is -2.41. The quantitative estimate of drug-likeness (QED) is 0.573. The van der Waals surface area contributed by atoms with Gasteiger partial charge in [-0.05, 0) is 56.2 Å². The lowest BCUT2D eigenvalue weighted by Gasteiger charge is -2.19. The van der Waals surface area contributed by atoms with Gasteiger partial charge in [-0.3, -0.25) is 0 Å². The maximum Gasteiger partial charge on any atom is 0.573 e. The van der Waals surface area contributed by atoms with E-state index in [1.165, 1.54) is 24.3 Å². The van der Waals surface area contributed by atoms with Crippen LogP contribution in [-0.2, 0) is 4.74 Å². The number of anilines is 1. The van der Waals surface area contributed by atoms with Crippen LogP contribution >= 0.6 is 0 Å². The van der Waals surface area contributed by atoms with Gasteiger partial charge in [0.05, 0.1) is 17.9 Å². The fourth-order valence-corrected chi connectivity index (χ4v) is 2.21. The summed E-state index contributed by atoms with van der Waals surface area (Å²) in [5, 5.41) is 0. The van der Waals surface area contributed by atoms with Gasteiger partial charge < -0.3 is 19.9 Å². The Morgan fingerprint density at radius 2 is 1.50 bits per heavy atom. The molecule has 26 heavy (non-hydrogen) atoms. The Morgan fingerprint density at radius 1 is 0.885 bits per heavy atom. The molecule has 0 atom stereocenters. The molecule has 2 N–H and O–H groups in total. The lowest BCUT2D eigenvalue weighted by Crippen LogP contribution is -2.22. The molecule has 2 aromatic rings. The van der Waals surface area contributed by atoms with E-state index in [-0.39, 0.29) is 11.4 Å². The predicted octanol–water partition coefficient (Wildman–Crippen LogP) is 5.03. The van der Waals surface area contributed by atoms with Crippen LogP contribution in [0.3, 0.4) is 0 Å². The SMILES string of the molecule is CC(C)(C)OCCOc1ccc(-c2ccc(OC(F)(F)F)cc2)cc1N. The molecule has 0 fully saturated rings. The molecule has 0 radical (unpaired) electrons. The molecule has 0 bridgehead atoms. The fraction of sp³-hybridized carbons (Fsp3) is 0.368. The summed E-state index contributed by atoms with van der Waals surface area (Å²) in [4.78, 5) is 0. The molecule has 0 amide bonds. The lowest BCUT2D eigenvalue weighted by molar-refractivity contribution is -0.274. The zero-order valence-corrected chi connectivity index (χ0v) is 14.9. The maximum absolute atomic E-state index is 12.2. The molecule has 2 aromatic carbocycles. The van der Waals surface area contributed by atoms with E-state index in [0.717, 1.165) is 5.56 Å². The average Bonchev–Trinajstić information content (AvgIpc) is 2.51. The van der Waals surface area contributed by atoms with Crippen molar-refractivity contribution in [2.75, 3.05) is 18.9 Å². The normalized spacial score (nSPS) is 12.1. The van der Waals surface area contributed by atoms with E-state index in [4.69, 9.17) is 15.2 Å².